The van der Waals surface area contributed by atoms with Crippen molar-refractivity contribution in [3.05, 3.63) is 53.0 Å². The van der Waals surface area contributed by atoms with Gasteiger partial charge in [-0.2, -0.15) is 0 Å². The van der Waals surface area contributed by atoms with Crippen LogP contribution in [0.3, 0.4) is 0 Å². The summed E-state index contributed by atoms with van der Waals surface area (Å²) >= 11 is 1.45. The van der Waals surface area contributed by atoms with Crippen molar-refractivity contribution in [1.82, 2.24) is 4.98 Å². The molecule has 0 aliphatic carbocycles. The quantitative estimate of drug-likeness (QED) is 0.550. The number of terminal acetylenes is 1. The summed E-state index contributed by atoms with van der Waals surface area (Å²) in [5.74, 6) is 2.34. The number of hydrogen-bond donors (Lipinski definition) is 0. The highest BCUT2D eigenvalue weighted by Gasteiger charge is 2.11. The number of carboxylic acids is 1. The van der Waals surface area contributed by atoms with Crippen LogP contribution in [0, 0.1) is 12.3 Å². The molecule has 2 aromatic carbocycles. The number of thiazole rings is 1. The molecule has 0 aliphatic heterocycles. The molecule has 28 heavy (non-hydrogen) atoms. The number of ether oxygens (including phenoxy) is 2. The zero-order chi connectivity index (χ0) is 19.9. The van der Waals surface area contributed by atoms with Crippen LogP contribution in [-0.2, 0) is 4.79 Å². The van der Waals surface area contributed by atoms with Crippen LogP contribution in [0.15, 0.2) is 42.5 Å². The molecule has 0 amide bonds. The zero-order valence-corrected chi connectivity index (χ0v) is 16.1. The van der Waals surface area contributed by atoms with E-state index < -0.39 is 5.97 Å². The van der Waals surface area contributed by atoms with Gasteiger partial charge in [0.2, 0.25) is 0 Å². The topological polar surface area (TPSA) is 71.5 Å². The third-order valence-corrected chi connectivity index (χ3v) is 4.93. The predicted molar refractivity (Wildman–Crippen MR) is 109 cm³/mol. The van der Waals surface area contributed by atoms with Gasteiger partial charge in [0.1, 0.15) is 11.6 Å². The van der Waals surface area contributed by atoms with Gasteiger partial charge in [0, 0.05) is 12.4 Å². The van der Waals surface area contributed by atoms with Crippen LogP contribution < -0.4 is 14.6 Å². The Balaban J connectivity index is 2.01. The molecule has 1 heterocycles. The van der Waals surface area contributed by atoms with Crippen molar-refractivity contribution in [2.75, 3.05) is 13.2 Å². The number of aromatic nitrogens is 1. The molecular weight excluding hydrogens is 374 g/mol. The summed E-state index contributed by atoms with van der Waals surface area (Å²) in [6, 6.07) is 13.0. The Morgan fingerprint density at radius 3 is 2.79 bits per heavy atom. The van der Waals surface area contributed by atoms with E-state index in [0.717, 1.165) is 15.8 Å². The van der Waals surface area contributed by atoms with Crippen LogP contribution in [0.25, 0.3) is 21.9 Å². The van der Waals surface area contributed by atoms with Crippen molar-refractivity contribution in [1.29, 1.82) is 0 Å². The van der Waals surface area contributed by atoms with E-state index in [2.05, 4.69) is 10.9 Å². The molecule has 0 saturated heterocycles. The minimum Gasteiger partial charge on any atom is -0.550 e. The van der Waals surface area contributed by atoms with E-state index >= 15 is 0 Å². The highest BCUT2D eigenvalue weighted by atomic mass is 32.1. The summed E-state index contributed by atoms with van der Waals surface area (Å²) < 4.78 is 12.1. The Bertz CT molecular complexity index is 1030. The summed E-state index contributed by atoms with van der Waals surface area (Å²) in [5.41, 5.74) is 2.17. The summed E-state index contributed by atoms with van der Waals surface area (Å²) in [6.07, 6.45) is 6.79. The molecule has 1 aromatic heterocycles. The maximum Gasteiger partial charge on any atom is 0.162 e. The van der Waals surface area contributed by atoms with Crippen molar-refractivity contribution >= 4 is 39.2 Å². The van der Waals surface area contributed by atoms with Gasteiger partial charge < -0.3 is 19.4 Å². The number of fused-ring (bicyclic) bond motifs is 1. The summed E-state index contributed by atoms with van der Waals surface area (Å²) in [6.45, 7) is 2.47. The minimum absolute atomic E-state index is 0.136. The molecule has 0 N–H and O–H groups in total. The van der Waals surface area contributed by atoms with Gasteiger partial charge in [-0.05, 0) is 48.4 Å². The lowest BCUT2D eigenvalue weighted by atomic mass is 10.1. The summed E-state index contributed by atoms with van der Waals surface area (Å²) in [4.78, 5) is 15.9. The molecule has 3 aromatic rings. The van der Waals surface area contributed by atoms with Crippen LogP contribution in [0.1, 0.15) is 23.9 Å². The molecule has 0 aliphatic rings. The number of rotatable bonds is 8. The van der Waals surface area contributed by atoms with Crippen molar-refractivity contribution in [2.24, 2.45) is 0 Å². The standard InChI is InChI=1S/C22H19NO4S/c1-3-11-27-18-10-9-15(13-19(18)26-4-2)12-16(14-21(24)25)22-23-17-7-5-6-8-20(17)28-22/h1,5-10,12-13H,4,11,14H2,2H3,(H,24,25)/p-1/b16-12+. The Labute approximate surface area is 167 Å². The molecule has 0 bridgehead atoms. The molecule has 142 valence electrons. The first-order valence-corrected chi connectivity index (χ1v) is 9.51. The highest BCUT2D eigenvalue weighted by molar-refractivity contribution is 7.19. The molecule has 5 nitrogen and oxygen atoms in total. The Morgan fingerprint density at radius 1 is 1.25 bits per heavy atom. The fourth-order valence-corrected chi connectivity index (χ4v) is 3.66. The van der Waals surface area contributed by atoms with Gasteiger partial charge in [0.25, 0.3) is 0 Å². The molecule has 3 rings (SSSR count). The maximum atomic E-state index is 11.3. The van der Waals surface area contributed by atoms with Crippen LogP contribution >= 0.6 is 11.3 Å². The second-order valence-electron chi connectivity index (χ2n) is 5.84. The third kappa shape index (κ3) is 4.70. The van der Waals surface area contributed by atoms with Crippen LogP contribution in [0.5, 0.6) is 11.5 Å². The molecule has 0 radical (unpaired) electrons. The van der Waals surface area contributed by atoms with Gasteiger partial charge in [-0.25, -0.2) is 4.98 Å². The number of nitrogens with zero attached hydrogens (tertiary/aromatic N) is 1. The van der Waals surface area contributed by atoms with E-state index in [-0.39, 0.29) is 13.0 Å². The van der Waals surface area contributed by atoms with Crippen LogP contribution in [-0.4, -0.2) is 24.2 Å². The first-order valence-electron chi connectivity index (χ1n) is 8.70. The Morgan fingerprint density at radius 2 is 2.07 bits per heavy atom. The monoisotopic (exact) mass is 392 g/mol. The molecule has 0 unspecified atom stereocenters. The van der Waals surface area contributed by atoms with E-state index in [1.807, 2.05) is 37.3 Å². The SMILES string of the molecule is C#CCOc1ccc(/C=C(\CC(=O)[O-])c2nc3ccccc3s2)cc1OCC. The van der Waals surface area contributed by atoms with Gasteiger partial charge in [0.05, 0.1) is 16.8 Å². The molecule has 6 heteroatoms. The van der Waals surface area contributed by atoms with Crippen molar-refractivity contribution in [3.8, 4) is 23.8 Å². The second kappa shape index (κ2) is 9.07. The average Bonchev–Trinajstić information content (AvgIpc) is 3.11. The number of carbonyl (C=O) groups excluding carboxylic acids is 1. The Kier molecular flexibility index (Phi) is 6.30. The summed E-state index contributed by atoms with van der Waals surface area (Å²) in [5, 5.41) is 11.9. The molecule has 0 spiro atoms. The molecule has 0 fully saturated rings. The van der Waals surface area contributed by atoms with Gasteiger partial charge in [-0.15, -0.1) is 17.8 Å². The van der Waals surface area contributed by atoms with Gasteiger partial charge in [-0.1, -0.05) is 24.1 Å². The number of carboxylic acid groups (broad SMARTS) is 1. The molecule has 0 atom stereocenters. The first kappa shape index (κ1) is 19.5. The van der Waals surface area contributed by atoms with E-state index in [0.29, 0.717) is 28.7 Å². The van der Waals surface area contributed by atoms with Crippen molar-refractivity contribution in [2.45, 2.75) is 13.3 Å². The predicted octanol–water partition coefficient (Wildman–Crippen LogP) is 3.39. The lowest BCUT2D eigenvalue weighted by Crippen LogP contribution is -2.22. The van der Waals surface area contributed by atoms with Crippen LogP contribution in [0.4, 0.5) is 0 Å². The number of aliphatic carboxylic acids is 1. The fraction of sp³-hybridized carbons (Fsp3) is 0.182. The maximum absolute atomic E-state index is 11.3. The Hall–Kier alpha value is -3.30. The van der Waals surface area contributed by atoms with Crippen LogP contribution in [0.2, 0.25) is 0 Å². The number of hydrogen-bond acceptors (Lipinski definition) is 6. The largest absolute Gasteiger partial charge is 0.550 e. The van der Waals surface area contributed by atoms with E-state index in [4.69, 9.17) is 15.9 Å². The molecular formula is C22H18NO4S-. The average molecular weight is 392 g/mol. The van der Waals surface area contributed by atoms with Crippen molar-refractivity contribution in [3.63, 3.8) is 0 Å². The van der Waals surface area contributed by atoms with Gasteiger partial charge >= 0.3 is 0 Å². The smallest absolute Gasteiger partial charge is 0.162 e. The second-order valence-corrected chi connectivity index (χ2v) is 6.87. The van der Waals surface area contributed by atoms with E-state index in [9.17, 15) is 9.90 Å². The number of carbonyl (C=O) groups is 1. The number of benzene rings is 2. The fourth-order valence-electron chi connectivity index (χ4n) is 2.68. The lowest BCUT2D eigenvalue weighted by Gasteiger charge is -2.12. The van der Waals surface area contributed by atoms with Gasteiger partial charge in [-0.3, -0.25) is 0 Å². The first-order chi connectivity index (χ1) is 13.6. The highest BCUT2D eigenvalue weighted by Crippen LogP contribution is 2.33. The minimum atomic E-state index is -1.16. The third-order valence-electron chi connectivity index (χ3n) is 3.82. The number of para-hydroxylation sites is 1. The van der Waals surface area contributed by atoms with Gasteiger partial charge in [0.15, 0.2) is 11.5 Å². The normalized spacial score (nSPS) is 11.2. The van der Waals surface area contributed by atoms with Crippen molar-refractivity contribution < 1.29 is 19.4 Å². The summed E-state index contributed by atoms with van der Waals surface area (Å²) in [7, 11) is 0. The molecule has 0 saturated carbocycles. The van der Waals surface area contributed by atoms with E-state index in [1.54, 1.807) is 18.2 Å². The van der Waals surface area contributed by atoms with E-state index in [1.165, 1.54) is 11.3 Å². The zero-order valence-electron chi connectivity index (χ0n) is 15.3. The lowest BCUT2D eigenvalue weighted by molar-refractivity contribution is -0.304.